The molecule has 0 heterocycles. The summed E-state index contributed by atoms with van der Waals surface area (Å²) in [6.07, 6.45) is -0.263. The molecule has 288 valence electrons. The molecule has 0 saturated carbocycles. The predicted molar refractivity (Wildman–Crippen MR) is 195 cm³/mol. The van der Waals surface area contributed by atoms with Gasteiger partial charge in [-0.15, -0.1) is 0 Å². The van der Waals surface area contributed by atoms with E-state index in [4.69, 9.17) is 28.4 Å². The maximum Gasteiger partial charge on any atom is 0.308 e. The van der Waals surface area contributed by atoms with E-state index in [1.54, 1.807) is 80.5 Å². The lowest BCUT2D eigenvalue weighted by Gasteiger charge is -2.34. The van der Waals surface area contributed by atoms with Crippen LogP contribution in [0, 0.1) is 0 Å². The highest BCUT2D eigenvalue weighted by molar-refractivity contribution is 7.89. The molecule has 2 rings (SSSR count). The number of ether oxygens (including phenoxy) is 6. The minimum Gasteiger partial charge on any atom is -0.460 e. The van der Waals surface area contributed by atoms with Crippen molar-refractivity contribution in [3.05, 3.63) is 36.4 Å². The molecule has 0 radical (unpaired) electrons. The summed E-state index contributed by atoms with van der Waals surface area (Å²) in [5.74, 6) is -1.45. The first-order valence-electron chi connectivity index (χ1n) is 17.0. The maximum atomic E-state index is 14.3. The highest BCUT2D eigenvalue weighted by Gasteiger charge is 2.38. The fraction of sp³-hybridized carbons (Fsp3) is 0.649. The first-order valence-corrected chi connectivity index (χ1v) is 18.5. The fourth-order valence-corrected chi connectivity index (χ4v) is 6.47. The number of hydrogen-bond donors (Lipinski definition) is 1. The number of nitrogens with one attached hydrogen (secondary N) is 1. The summed E-state index contributed by atoms with van der Waals surface area (Å²) in [7, 11) is -0.559. The van der Waals surface area contributed by atoms with E-state index >= 15 is 0 Å². The number of hydrogen-bond acceptors (Lipinski definition) is 12. The summed E-state index contributed by atoms with van der Waals surface area (Å²) in [4.78, 5) is 39.1. The number of carbonyl (C=O) groups excluding carboxylic acids is 3. The third-order valence-corrected chi connectivity index (χ3v) is 8.36. The van der Waals surface area contributed by atoms with E-state index in [1.807, 2.05) is 31.1 Å². The lowest BCUT2D eigenvalue weighted by Crippen LogP contribution is -2.58. The monoisotopic (exact) mass is 738 g/mol. The molecule has 0 atom stereocenters. The summed E-state index contributed by atoms with van der Waals surface area (Å²) in [6.45, 7) is 14.6. The van der Waals surface area contributed by atoms with E-state index in [-0.39, 0.29) is 63.8 Å². The second kappa shape index (κ2) is 18.5. The maximum absolute atomic E-state index is 14.3. The van der Waals surface area contributed by atoms with Crippen LogP contribution in [0.4, 0.5) is 5.69 Å². The molecule has 0 aliphatic heterocycles. The van der Waals surface area contributed by atoms with Crippen molar-refractivity contribution < 1.29 is 51.2 Å². The van der Waals surface area contributed by atoms with Crippen molar-refractivity contribution in [1.29, 1.82) is 0 Å². The summed E-state index contributed by atoms with van der Waals surface area (Å²) in [5, 5.41) is 1.22. The van der Waals surface area contributed by atoms with Gasteiger partial charge in [-0.05, 0) is 74.4 Å². The Labute approximate surface area is 303 Å². The van der Waals surface area contributed by atoms with Gasteiger partial charge in [0, 0.05) is 30.6 Å². The van der Waals surface area contributed by atoms with E-state index in [1.165, 1.54) is 6.07 Å². The number of fused-ring (bicyclic) bond motifs is 1. The molecule has 0 saturated heterocycles. The van der Waals surface area contributed by atoms with Gasteiger partial charge < -0.3 is 33.3 Å². The van der Waals surface area contributed by atoms with Crippen LogP contribution in [-0.4, -0.2) is 102 Å². The molecule has 2 aromatic carbocycles. The second-order valence-electron chi connectivity index (χ2n) is 15.6. The zero-order valence-electron chi connectivity index (χ0n) is 32.2. The van der Waals surface area contributed by atoms with E-state index in [0.29, 0.717) is 5.39 Å². The van der Waals surface area contributed by atoms with Gasteiger partial charge in [-0.1, -0.05) is 24.3 Å². The highest BCUT2D eigenvalue weighted by Crippen LogP contribution is 2.31. The van der Waals surface area contributed by atoms with Crippen molar-refractivity contribution in [3.8, 4) is 0 Å². The van der Waals surface area contributed by atoms with Crippen LogP contribution in [0.5, 0.6) is 0 Å². The predicted octanol–water partition coefficient (Wildman–Crippen LogP) is 5.17. The molecule has 13 nitrogen and oxygen atoms in total. The van der Waals surface area contributed by atoms with Crippen LogP contribution in [-0.2, 0) is 52.8 Å². The molecule has 0 fully saturated rings. The van der Waals surface area contributed by atoms with Crippen LogP contribution in [0.3, 0.4) is 0 Å². The largest absolute Gasteiger partial charge is 0.460 e. The lowest BCUT2D eigenvalue weighted by molar-refractivity contribution is -0.157. The van der Waals surface area contributed by atoms with Crippen molar-refractivity contribution in [2.24, 2.45) is 0 Å². The number of nitrogens with zero attached hydrogens (tertiary/aromatic N) is 1. The zero-order chi connectivity index (χ0) is 38.7. The molecular formula is C37H58N2O11S. The number of sulfonamides is 1. The molecule has 51 heavy (non-hydrogen) atoms. The van der Waals surface area contributed by atoms with Crippen molar-refractivity contribution in [3.63, 3.8) is 0 Å². The minimum atomic E-state index is -4.30. The Morgan fingerprint density at radius 1 is 0.608 bits per heavy atom. The number of carbonyl (C=O) groups is 3. The summed E-state index contributed by atoms with van der Waals surface area (Å²) >= 11 is 0. The highest BCUT2D eigenvalue weighted by atomic mass is 32.2. The molecule has 2 aromatic rings. The molecule has 0 aliphatic rings. The molecule has 0 aliphatic carbocycles. The van der Waals surface area contributed by atoms with E-state index in [2.05, 4.69) is 4.72 Å². The smallest absolute Gasteiger partial charge is 0.308 e. The molecule has 0 spiro atoms. The van der Waals surface area contributed by atoms with E-state index < -0.39 is 50.3 Å². The topological polar surface area (TPSA) is 156 Å². The molecule has 14 heteroatoms. The van der Waals surface area contributed by atoms with Crippen molar-refractivity contribution >= 4 is 44.4 Å². The van der Waals surface area contributed by atoms with Gasteiger partial charge in [-0.2, -0.15) is 4.72 Å². The number of rotatable bonds is 19. The fourth-order valence-electron chi connectivity index (χ4n) is 4.89. The van der Waals surface area contributed by atoms with Gasteiger partial charge in [0.2, 0.25) is 10.0 Å². The van der Waals surface area contributed by atoms with Crippen LogP contribution in [0.1, 0.15) is 81.6 Å². The minimum absolute atomic E-state index is 0.0179. The Bertz CT molecular complexity index is 1480. The van der Waals surface area contributed by atoms with E-state index in [9.17, 15) is 22.8 Å². The molecule has 0 bridgehead atoms. The van der Waals surface area contributed by atoms with Crippen LogP contribution < -0.4 is 9.62 Å². The van der Waals surface area contributed by atoms with Crippen molar-refractivity contribution in [2.75, 3.05) is 58.6 Å². The second-order valence-corrected chi connectivity index (χ2v) is 17.2. The molecule has 1 N–H and O–H groups in total. The third kappa shape index (κ3) is 16.3. The number of benzene rings is 2. The van der Waals surface area contributed by atoms with Gasteiger partial charge in [-0.3, -0.25) is 14.4 Å². The quantitative estimate of drug-likeness (QED) is 0.115. The SMILES string of the molecule is CN(C)c1cccc2c(S(=O)(=O)NC(COCCC(=O)OC(C)(C)C)(COCCC(=O)OC(C)(C)C)COCCC(=O)OC(C)(C)C)cccc12. The Hall–Kier alpha value is -3.30. The van der Waals surface area contributed by atoms with Crippen LogP contribution in [0.2, 0.25) is 0 Å². The summed E-state index contributed by atoms with van der Waals surface area (Å²) in [6, 6.07) is 10.4. The van der Waals surface area contributed by atoms with Crippen LogP contribution in [0.25, 0.3) is 10.8 Å². The molecular weight excluding hydrogens is 680 g/mol. The van der Waals surface area contributed by atoms with Crippen LogP contribution in [0.15, 0.2) is 41.3 Å². The lowest BCUT2D eigenvalue weighted by atomic mass is 10.1. The first-order chi connectivity index (χ1) is 23.4. The number of anilines is 1. The Balaban J connectivity index is 2.45. The third-order valence-electron chi connectivity index (χ3n) is 6.73. The average molecular weight is 739 g/mol. The Morgan fingerprint density at radius 3 is 1.35 bits per heavy atom. The van der Waals surface area contributed by atoms with Crippen molar-refractivity contribution in [1.82, 2.24) is 4.72 Å². The molecule has 0 aromatic heterocycles. The Morgan fingerprint density at radius 2 is 0.980 bits per heavy atom. The first kappa shape index (κ1) is 43.9. The average Bonchev–Trinajstić information content (AvgIpc) is 2.96. The van der Waals surface area contributed by atoms with Gasteiger partial charge in [0.25, 0.3) is 0 Å². The summed E-state index contributed by atoms with van der Waals surface area (Å²) in [5.41, 5.74) is -2.81. The van der Waals surface area contributed by atoms with Gasteiger partial charge >= 0.3 is 17.9 Å². The van der Waals surface area contributed by atoms with Crippen LogP contribution >= 0.6 is 0 Å². The standard InChI is InChI=1S/C37H58N2O11S/c1-34(2,3)48-31(40)18-21-45-24-37(25-46-22-19-32(41)49-35(4,5)6,26-47-23-20-33(42)50-36(7,8)9)38-51(43,44)30-17-13-14-27-28(30)15-12-16-29(27)39(10)11/h12-17,38H,18-26H2,1-11H3. The number of esters is 3. The van der Waals surface area contributed by atoms with Gasteiger partial charge in [0.1, 0.15) is 22.3 Å². The summed E-state index contributed by atoms with van der Waals surface area (Å²) < 4.78 is 65.3. The van der Waals surface area contributed by atoms with E-state index in [0.717, 1.165) is 11.1 Å². The van der Waals surface area contributed by atoms with Gasteiger partial charge in [0.15, 0.2) is 0 Å². The van der Waals surface area contributed by atoms with Gasteiger partial charge in [0.05, 0.1) is 63.8 Å². The zero-order valence-corrected chi connectivity index (χ0v) is 33.0. The van der Waals surface area contributed by atoms with Crippen molar-refractivity contribution in [2.45, 2.75) is 109 Å². The van der Waals surface area contributed by atoms with Gasteiger partial charge in [-0.25, -0.2) is 8.42 Å². The Kier molecular flexibility index (Phi) is 15.9. The molecule has 0 amide bonds. The normalized spacial score (nSPS) is 12.8. The molecule has 0 unspecified atom stereocenters.